The van der Waals surface area contributed by atoms with Crippen molar-refractivity contribution in [1.29, 1.82) is 0 Å². The van der Waals surface area contributed by atoms with Crippen LogP contribution in [0.15, 0.2) is 147 Å². The molecule has 7 aromatic carbocycles. The molecule has 43 heavy (non-hydrogen) atoms. The number of fused-ring (bicyclic) bond motifs is 10. The Bertz CT molecular complexity index is 2680. The van der Waals surface area contributed by atoms with Crippen molar-refractivity contribution in [3.63, 3.8) is 0 Å². The molecule has 0 aliphatic carbocycles. The lowest BCUT2D eigenvalue weighted by Crippen LogP contribution is -1.90. The van der Waals surface area contributed by atoms with Crippen LogP contribution in [0.25, 0.3) is 98.6 Å². The van der Waals surface area contributed by atoms with Gasteiger partial charge in [0.05, 0.1) is 11.6 Å². The van der Waals surface area contributed by atoms with Crippen molar-refractivity contribution < 1.29 is 13.3 Å². The van der Waals surface area contributed by atoms with Gasteiger partial charge in [0.2, 0.25) is 0 Å². The molecule has 0 fully saturated rings. The number of para-hydroxylation sites is 1. The van der Waals surface area contributed by atoms with Crippen molar-refractivity contribution in [3.05, 3.63) is 134 Å². The first-order valence-corrected chi connectivity index (χ1v) is 14.5. The Morgan fingerprint density at radius 3 is 1.63 bits per heavy atom. The zero-order chi connectivity index (χ0) is 28.1. The molecule has 0 radical (unpaired) electrons. The third kappa shape index (κ3) is 3.14. The lowest BCUT2D eigenvalue weighted by molar-refractivity contribution is 0.615. The second-order valence-electron chi connectivity index (χ2n) is 11.2. The summed E-state index contributed by atoms with van der Waals surface area (Å²) < 4.78 is 18.3. The molecule has 3 heterocycles. The molecule has 3 nitrogen and oxygen atoms in total. The summed E-state index contributed by atoms with van der Waals surface area (Å²) in [5.74, 6) is 0. The van der Waals surface area contributed by atoms with Crippen LogP contribution >= 0.6 is 0 Å². The van der Waals surface area contributed by atoms with Gasteiger partial charge in [0, 0.05) is 21.5 Å². The van der Waals surface area contributed by atoms with E-state index >= 15 is 0 Å². The van der Waals surface area contributed by atoms with Gasteiger partial charge in [-0.3, -0.25) is 0 Å². The van der Waals surface area contributed by atoms with E-state index in [0.29, 0.717) is 0 Å². The molecule has 0 N–H and O–H groups in total. The Labute approximate surface area is 245 Å². The third-order valence-corrected chi connectivity index (χ3v) is 8.96. The van der Waals surface area contributed by atoms with Gasteiger partial charge in [0.1, 0.15) is 27.9 Å². The number of hydrogen-bond donors (Lipinski definition) is 0. The molecule has 3 aromatic heterocycles. The predicted octanol–water partition coefficient (Wildman–Crippen LogP) is 11.9. The van der Waals surface area contributed by atoms with Crippen molar-refractivity contribution in [2.24, 2.45) is 0 Å². The van der Waals surface area contributed by atoms with Gasteiger partial charge in [-0.05, 0) is 92.3 Å². The number of benzene rings is 7. The standard InChI is InChI=1S/C40H22O3/c1-3-10-29-27(8-1)38(23-14-17-36-33(21-23)31-16-18-34-32(19-20-41-34)40(31)43-36)28-9-2-4-11-30(28)39(29)24-13-15-26-25-7-5-6-12-35(25)42-37(26)22-24/h1-22H. The number of hydrogen-bond acceptors (Lipinski definition) is 3. The number of rotatable bonds is 2. The van der Waals surface area contributed by atoms with Crippen molar-refractivity contribution in [2.45, 2.75) is 0 Å². The molecule has 0 aliphatic rings. The Balaban J connectivity index is 1.27. The lowest BCUT2D eigenvalue weighted by Gasteiger charge is -2.17. The minimum atomic E-state index is 0.834. The Kier molecular flexibility index (Phi) is 4.45. The summed E-state index contributed by atoms with van der Waals surface area (Å²) in [4.78, 5) is 0. The van der Waals surface area contributed by atoms with E-state index in [1.165, 1.54) is 32.7 Å². The van der Waals surface area contributed by atoms with Gasteiger partial charge in [-0.2, -0.15) is 0 Å². The largest absolute Gasteiger partial charge is 0.464 e. The van der Waals surface area contributed by atoms with E-state index in [4.69, 9.17) is 13.3 Å². The van der Waals surface area contributed by atoms with Gasteiger partial charge in [-0.25, -0.2) is 0 Å². The Morgan fingerprint density at radius 2 is 0.884 bits per heavy atom. The fourth-order valence-corrected chi connectivity index (χ4v) is 7.07. The highest BCUT2D eigenvalue weighted by atomic mass is 16.3. The lowest BCUT2D eigenvalue weighted by atomic mass is 9.85. The summed E-state index contributed by atoms with van der Waals surface area (Å²) >= 11 is 0. The fraction of sp³-hybridized carbons (Fsp3) is 0. The van der Waals surface area contributed by atoms with Crippen LogP contribution in [0.3, 0.4) is 0 Å². The van der Waals surface area contributed by atoms with Gasteiger partial charge in [-0.1, -0.05) is 78.9 Å². The van der Waals surface area contributed by atoms with Crippen LogP contribution in [0.4, 0.5) is 0 Å². The Morgan fingerprint density at radius 1 is 0.326 bits per heavy atom. The summed E-state index contributed by atoms with van der Waals surface area (Å²) in [5.41, 5.74) is 9.13. The highest BCUT2D eigenvalue weighted by Crippen LogP contribution is 2.46. The zero-order valence-electron chi connectivity index (χ0n) is 22.9. The molecule has 200 valence electrons. The minimum absolute atomic E-state index is 0.834. The fourth-order valence-electron chi connectivity index (χ4n) is 7.07. The van der Waals surface area contributed by atoms with E-state index in [0.717, 1.165) is 66.0 Å². The molecular weight excluding hydrogens is 528 g/mol. The van der Waals surface area contributed by atoms with Crippen LogP contribution in [-0.2, 0) is 0 Å². The summed E-state index contributed by atoms with van der Waals surface area (Å²) in [7, 11) is 0. The van der Waals surface area contributed by atoms with Crippen molar-refractivity contribution in [3.8, 4) is 22.3 Å². The highest BCUT2D eigenvalue weighted by molar-refractivity contribution is 6.23. The van der Waals surface area contributed by atoms with Gasteiger partial charge < -0.3 is 13.3 Å². The summed E-state index contributed by atoms with van der Waals surface area (Å²) in [5, 5.41) is 10.3. The monoisotopic (exact) mass is 550 g/mol. The van der Waals surface area contributed by atoms with E-state index in [1.807, 2.05) is 24.3 Å². The second kappa shape index (κ2) is 8.37. The van der Waals surface area contributed by atoms with Crippen molar-refractivity contribution in [2.75, 3.05) is 0 Å². The molecule has 0 saturated heterocycles. The molecule has 0 unspecified atom stereocenters. The topological polar surface area (TPSA) is 39.4 Å². The quantitative estimate of drug-likeness (QED) is 0.201. The van der Waals surface area contributed by atoms with Crippen molar-refractivity contribution >= 4 is 76.4 Å². The van der Waals surface area contributed by atoms with E-state index in [1.54, 1.807) is 6.26 Å². The molecule has 0 amide bonds. The average molecular weight is 551 g/mol. The first-order chi connectivity index (χ1) is 21.3. The zero-order valence-corrected chi connectivity index (χ0v) is 22.9. The van der Waals surface area contributed by atoms with E-state index in [9.17, 15) is 0 Å². The molecule has 0 saturated carbocycles. The highest BCUT2D eigenvalue weighted by Gasteiger charge is 2.19. The van der Waals surface area contributed by atoms with Gasteiger partial charge in [0.25, 0.3) is 0 Å². The molecule has 3 heteroatoms. The van der Waals surface area contributed by atoms with Crippen LogP contribution in [-0.4, -0.2) is 0 Å². The van der Waals surface area contributed by atoms with Crippen LogP contribution in [0.2, 0.25) is 0 Å². The van der Waals surface area contributed by atoms with E-state index < -0.39 is 0 Å². The van der Waals surface area contributed by atoms with Crippen LogP contribution in [0.1, 0.15) is 0 Å². The SMILES string of the molecule is c1ccc2c(c1)oc1cc(-c3c4ccccc4c(-c4ccc5oc6c7ccoc7ccc6c5c4)c4ccccc34)ccc12. The molecule has 10 rings (SSSR count). The smallest absolute Gasteiger partial charge is 0.146 e. The van der Waals surface area contributed by atoms with Crippen LogP contribution < -0.4 is 0 Å². The molecule has 0 bridgehead atoms. The van der Waals surface area contributed by atoms with E-state index in [-0.39, 0.29) is 0 Å². The molecular formula is C40H22O3. The Hall–Kier alpha value is -5.80. The average Bonchev–Trinajstić information content (AvgIpc) is 3.78. The minimum Gasteiger partial charge on any atom is -0.464 e. The summed E-state index contributed by atoms with van der Waals surface area (Å²) in [6.45, 7) is 0. The summed E-state index contributed by atoms with van der Waals surface area (Å²) in [6, 6.07) is 45.0. The van der Waals surface area contributed by atoms with Crippen LogP contribution in [0, 0.1) is 0 Å². The third-order valence-electron chi connectivity index (χ3n) is 8.96. The number of furan rings is 3. The maximum Gasteiger partial charge on any atom is 0.146 e. The maximum atomic E-state index is 6.35. The summed E-state index contributed by atoms with van der Waals surface area (Å²) in [6.07, 6.45) is 1.72. The maximum absolute atomic E-state index is 6.35. The van der Waals surface area contributed by atoms with Crippen LogP contribution in [0.5, 0.6) is 0 Å². The molecule has 10 aromatic rings. The molecule has 0 aliphatic heterocycles. The van der Waals surface area contributed by atoms with Crippen molar-refractivity contribution in [1.82, 2.24) is 0 Å². The van der Waals surface area contributed by atoms with E-state index in [2.05, 4.69) is 103 Å². The normalized spacial score (nSPS) is 12.2. The second-order valence-corrected chi connectivity index (χ2v) is 11.2. The predicted molar refractivity (Wildman–Crippen MR) is 177 cm³/mol. The van der Waals surface area contributed by atoms with Gasteiger partial charge in [0.15, 0.2) is 0 Å². The molecule has 0 atom stereocenters. The molecule has 0 spiro atoms. The van der Waals surface area contributed by atoms with Gasteiger partial charge >= 0.3 is 0 Å². The van der Waals surface area contributed by atoms with Gasteiger partial charge in [-0.15, -0.1) is 0 Å². The first-order valence-electron chi connectivity index (χ1n) is 14.5. The first kappa shape index (κ1) is 22.8.